The molecule has 1 heteroatoms. The summed E-state index contributed by atoms with van der Waals surface area (Å²) in [7, 11) is 0. The third kappa shape index (κ3) is 1.27. The van der Waals surface area contributed by atoms with Crippen molar-refractivity contribution in [1.29, 1.82) is 0 Å². The van der Waals surface area contributed by atoms with Crippen molar-refractivity contribution < 1.29 is 0 Å². The Bertz CT molecular complexity index is 402. The lowest BCUT2D eigenvalue weighted by atomic mass is 9.78. The third-order valence-corrected chi connectivity index (χ3v) is 4.76. The predicted octanol–water partition coefficient (Wildman–Crippen LogP) is 3.25. The highest BCUT2D eigenvalue weighted by molar-refractivity contribution is 5.48. The quantitative estimate of drug-likeness (QED) is 0.764. The van der Waals surface area contributed by atoms with Crippen molar-refractivity contribution in [1.82, 2.24) is 0 Å². The molecule has 0 aromatic heterocycles. The molecule has 3 rings (SSSR count). The van der Waals surface area contributed by atoms with Gasteiger partial charge in [-0.25, -0.2) is 0 Å². The summed E-state index contributed by atoms with van der Waals surface area (Å²) in [6.07, 6.45) is 6.91. The topological polar surface area (TPSA) is 26.0 Å². The molecule has 0 heterocycles. The highest BCUT2D eigenvalue weighted by Gasteiger charge is 2.45. The fourth-order valence-electron chi connectivity index (χ4n) is 4.15. The Labute approximate surface area is 98.0 Å². The molecule has 1 nitrogen and oxygen atoms in total. The Morgan fingerprint density at radius 2 is 2.06 bits per heavy atom. The number of nitrogens with two attached hydrogens (primary N) is 1. The second-order valence-corrected chi connectivity index (χ2v) is 5.66. The molecule has 16 heavy (non-hydrogen) atoms. The van der Waals surface area contributed by atoms with E-state index >= 15 is 0 Å². The van der Waals surface area contributed by atoms with Crippen molar-refractivity contribution in [2.24, 2.45) is 5.73 Å². The molecule has 0 saturated heterocycles. The average Bonchev–Trinajstić information content (AvgIpc) is 2.87. The van der Waals surface area contributed by atoms with Crippen LogP contribution in [0.3, 0.4) is 0 Å². The number of hydrogen-bond donors (Lipinski definition) is 1. The zero-order valence-corrected chi connectivity index (χ0v) is 10.1. The van der Waals surface area contributed by atoms with E-state index in [1.54, 1.807) is 11.1 Å². The summed E-state index contributed by atoms with van der Waals surface area (Å²) >= 11 is 0. The van der Waals surface area contributed by atoms with Crippen LogP contribution in [0.5, 0.6) is 0 Å². The first-order valence-corrected chi connectivity index (χ1v) is 6.57. The zero-order valence-electron chi connectivity index (χ0n) is 10.1. The molecule has 0 amide bonds. The largest absolute Gasteiger partial charge is 0.330 e. The molecule has 0 bridgehead atoms. The van der Waals surface area contributed by atoms with Gasteiger partial charge in [-0.05, 0) is 60.8 Å². The molecule has 86 valence electrons. The van der Waals surface area contributed by atoms with Crippen LogP contribution in [0.1, 0.15) is 54.7 Å². The van der Waals surface area contributed by atoms with Gasteiger partial charge in [0.2, 0.25) is 0 Å². The van der Waals surface area contributed by atoms with Crippen LogP contribution in [0, 0.1) is 6.92 Å². The molecule has 1 unspecified atom stereocenters. The summed E-state index contributed by atoms with van der Waals surface area (Å²) in [5.41, 5.74) is 11.2. The van der Waals surface area contributed by atoms with E-state index in [2.05, 4.69) is 25.1 Å². The maximum absolute atomic E-state index is 5.95. The summed E-state index contributed by atoms with van der Waals surface area (Å²) < 4.78 is 0. The molecule has 1 aromatic rings. The van der Waals surface area contributed by atoms with Crippen molar-refractivity contribution in [3.05, 3.63) is 34.9 Å². The predicted molar refractivity (Wildman–Crippen MR) is 67.7 cm³/mol. The van der Waals surface area contributed by atoms with Gasteiger partial charge in [0.25, 0.3) is 0 Å². The minimum Gasteiger partial charge on any atom is -0.330 e. The van der Waals surface area contributed by atoms with Crippen molar-refractivity contribution in [3.63, 3.8) is 0 Å². The Morgan fingerprint density at radius 3 is 2.75 bits per heavy atom. The van der Waals surface area contributed by atoms with Crippen LogP contribution in [0.4, 0.5) is 0 Å². The molecule has 2 aliphatic rings. The molecule has 1 saturated carbocycles. The summed E-state index contributed by atoms with van der Waals surface area (Å²) in [5.74, 6) is 0.619. The van der Waals surface area contributed by atoms with E-state index in [0.29, 0.717) is 11.3 Å². The first-order chi connectivity index (χ1) is 7.77. The lowest BCUT2D eigenvalue weighted by molar-refractivity contribution is 0.409. The van der Waals surface area contributed by atoms with Gasteiger partial charge in [-0.3, -0.25) is 0 Å². The fourth-order valence-corrected chi connectivity index (χ4v) is 4.15. The van der Waals surface area contributed by atoms with Gasteiger partial charge in [-0.1, -0.05) is 31.0 Å². The van der Waals surface area contributed by atoms with Gasteiger partial charge >= 0.3 is 0 Å². The number of fused-ring (bicyclic) bond motifs is 2. The number of rotatable bonds is 1. The first kappa shape index (κ1) is 10.3. The Kier molecular flexibility index (Phi) is 2.32. The molecule has 1 aromatic carbocycles. The number of aryl methyl sites for hydroxylation is 1. The summed E-state index contributed by atoms with van der Waals surface area (Å²) in [6, 6.07) is 6.79. The van der Waals surface area contributed by atoms with Crippen LogP contribution >= 0.6 is 0 Å². The molecular formula is C15H21N. The number of hydrogen-bond acceptors (Lipinski definition) is 1. The second-order valence-electron chi connectivity index (χ2n) is 5.66. The van der Waals surface area contributed by atoms with E-state index in [9.17, 15) is 0 Å². The lowest BCUT2D eigenvalue weighted by Crippen LogP contribution is -2.20. The van der Waals surface area contributed by atoms with Crippen LogP contribution in [-0.2, 0) is 5.41 Å². The SMILES string of the molecule is Cc1cccc2c1C1(CCCC1)CC2CN. The first-order valence-electron chi connectivity index (χ1n) is 6.57. The summed E-state index contributed by atoms with van der Waals surface area (Å²) in [5, 5.41) is 0. The zero-order chi connectivity index (χ0) is 11.2. The fraction of sp³-hybridized carbons (Fsp3) is 0.600. The Morgan fingerprint density at radius 1 is 1.31 bits per heavy atom. The van der Waals surface area contributed by atoms with Crippen LogP contribution in [0.15, 0.2) is 18.2 Å². The lowest BCUT2D eigenvalue weighted by Gasteiger charge is -2.26. The van der Waals surface area contributed by atoms with Crippen LogP contribution in [0.2, 0.25) is 0 Å². The summed E-state index contributed by atoms with van der Waals surface area (Å²) in [4.78, 5) is 0. The van der Waals surface area contributed by atoms with Gasteiger partial charge in [0.05, 0.1) is 0 Å². The molecule has 0 radical (unpaired) electrons. The van der Waals surface area contributed by atoms with Crippen LogP contribution in [-0.4, -0.2) is 6.54 Å². The van der Waals surface area contributed by atoms with Gasteiger partial charge in [0.15, 0.2) is 0 Å². The maximum atomic E-state index is 5.95. The molecule has 2 aliphatic carbocycles. The minimum atomic E-state index is 0.505. The Balaban J connectivity index is 2.15. The highest BCUT2D eigenvalue weighted by atomic mass is 14.6. The molecule has 1 atom stereocenters. The van der Waals surface area contributed by atoms with E-state index in [1.165, 1.54) is 37.7 Å². The van der Waals surface area contributed by atoms with Crippen LogP contribution in [0.25, 0.3) is 0 Å². The molecule has 0 aliphatic heterocycles. The standard InChI is InChI=1S/C15H21N/c1-11-5-4-6-13-12(10-16)9-15(14(11)13)7-2-3-8-15/h4-6,12H,2-3,7-10,16H2,1H3. The van der Waals surface area contributed by atoms with E-state index in [1.807, 2.05) is 0 Å². The maximum Gasteiger partial charge on any atom is -0.000780 e. The smallest absolute Gasteiger partial charge is 0.000780 e. The third-order valence-electron chi connectivity index (χ3n) is 4.76. The van der Waals surface area contributed by atoms with Crippen molar-refractivity contribution in [2.75, 3.05) is 6.54 Å². The Hall–Kier alpha value is -0.820. The average molecular weight is 215 g/mol. The molecule has 1 fully saturated rings. The second kappa shape index (κ2) is 3.59. The molecule has 1 spiro atoms. The van der Waals surface area contributed by atoms with E-state index in [0.717, 1.165) is 6.54 Å². The van der Waals surface area contributed by atoms with Crippen molar-refractivity contribution in [2.45, 2.75) is 50.4 Å². The van der Waals surface area contributed by atoms with Gasteiger partial charge in [0.1, 0.15) is 0 Å². The van der Waals surface area contributed by atoms with Gasteiger partial charge in [-0.2, -0.15) is 0 Å². The van der Waals surface area contributed by atoms with E-state index in [4.69, 9.17) is 5.73 Å². The highest BCUT2D eigenvalue weighted by Crippen LogP contribution is 2.55. The molecule has 2 N–H and O–H groups in total. The van der Waals surface area contributed by atoms with Gasteiger partial charge in [-0.15, -0.1) is 0 Å². The monoisotopic (exact) mass is 215 g/mol. The minimum absolute atomic E-state index is 0.505. The van der Waals surface area contributed by atoms with Crippen molar-refractivity contribution >= 4 is 0 Å². The normalized spacial score (nSPS) is 26.2. The van der Waals surface area contributed by atoms with Gasteiger partial charge in [0, 0.05) is 0 Å². The van der Waals surface area contributed by atoms with Gasteiger partial charge < -0.3 is 5.73 Å². The summed E-state index contributed by atoms with van der Waals surface area (Å²) in [6.45, 7) is 3.09. The van der Waals surface area contributed by atoms with Crippen molar-refractivity contribution in [3.8, 4) is 0 Å². The molecular weight excluding hydrogens is 194 g/mol. The van der Waals surface area contributed by atoms with E-state index in [-0.39, 0.29) is 0 Å². The van der Waals surface area contributed by atoms with E-state index < -0.39 is 0 Å². The number of benzene rings is 1. The van der Waals surface area contributed by atoms with Crippen LogP contribution < -0.4 is 5.73 Å².